The molecule has 0 bridgehead atoms. The number of nitrogens with zero attached hydrogens (tertiary/aromatic N) is 1. The van der Waals surface area contributed by atoms with E-state index in [4.69, 9.17) is 0 Å². The molecule has 0 radical (unpaired) electrons. The Balaban J connectivity index is 1.85. The fourth-order valence-corrected chi connectivity index (χ4v) is 2.41. The Morgan fingerprint density at radius 3 is 2.88 bits per heavy atom. The lowest BCUT2D eigenvalue weighted by atomic mass is 10.2. The van der Waals surface area contributed by atoms with Crippen molar-refractivity contribution in [1.82, 2.24) is 9.88 Å². The Kier molecular flexibility index (Phi) is 2.25. The van der Waals surface area contributed by atoms with E-state index in [9.17, 15) is 0 Å². The molecule has 0 spiro atoms. The van der Waals surface area contributed by atoms with Gasteiger partial charge in [0.05, 0.1) is 0 Å². The largest absolute Gasteiger partial charge is 0.350 e. The van der Waals surface area contributed by atoms with Crippen molar-refractivity contribution in [2.45, 2.75) is 25.9 Å². The topological polar surface area (TPSA) is 17.0 Å². The Morgan fingerprint density at radius 2 is 2.12 bits per heavy atom. The van der Waals surface area contributed by atoms with Crippen molar-refractivity contribution in [3.05, 3.63) is 36.0 Å². The fraction of sp³-hybridized carbons (Fsp3) is 0.429. The minimum absolute atomic E-state index is 0.749. The maximum atomic E-state index is 3.61. The number of hydrogen-bond donors (Lipinski definition) is 1. The van der Waals surface area contributed by atoms with E-state index in [-0.39, 0.29) is 0 Å². The molecule has 0 amide bonds. The summed E-state index contributed by atoms with van der Waals surface area (Å²) in [4.78, 5) is 0. The second-order valence-corrected chi connectivity index (χ2v) is 4.98. The number of benzene rings is 1. The highest BCUT2D eigenvalue weighted by Crippen LogP contribution is 2.30. The van der Waals surface area contributed by atoms with Gasteiger partial charge in [0.25, 0.3) is 0 Å². The lowest BCUT2D eigenvalue weighted by molar-refractivity contribution is 0.653. The zero-order valence-corrected chi connectivity index (χ0v) is 9.90. The minimum atomic E-state index is 0.749. The number of aryl methyl sites for hydroxylation is 1. The third-order valence-electron chi connectivity index (χ3n) is 3.64. The van der Waals surface area contributed by atoms with Crippen LogP contribution in [0.15, 0.2) is 30.5 Å². The maximum Gasteiger partial charge on any atom is 0.0481 e. The molecule has 1 aliphatic carbocycles. The van der Waals surface area contributed by atoms with Crippen molar-refractivity contribution < 1.29 is 0 Å². The second-order valence-electron chi connectivity index (χ2n) is 4.98. The molecule has 1 aliphatic rings. The summed E-state index contributed by atoms with van der Waals surface area (Å²) in [6, 6.07) is 9.36. The summed E-state index contributed by atoms with van der Waals surface area (Å²) < 4.78 is 2.21. The van der Waals surface area contributed by atoms with Crippen molar-refractivity contribution in [2.24, 2.45) is 13.0 Å². The third-order valence-corrected chi connectivity index (χ3v) is 3.64. The molecule has 2 aromatic rings. The molecular formula is C14H18N2. The van der Waals surface area contributed by atoms with E-state index in [1.165, 1.54) is 22.9 Å². The molecule has 1 fully saturated rings. The number of para-hydroxylation sites is 1. The molecule has 1 N–H and O–H groups in total. The zero-order chi connectivity index (χ0) is 11.1. The van der Waals surface area contributed by atoms with E-state index in [0.717, 1.165) is 18.5 Å². The van der Waals surface area contributed by atoms with E-state index in [1.54, 1.807) is 0 Å². The van der Waals surface area contributed by atoms with Crippen LogP contribution in [-0.4, -0.2) is 10.6 Å². The van der Waals surface area contributed by atoms with Gasteiger partial charge in [-0.1, -0.05) is 25.1 Å². The van der Waals surface area contributed by atoms with Gasteiger partial charge in [-0.05, 0) is 24.0 Å². The lowest BCUT2D eigenvalue weighted by Crippen LogP contribution is -2.16. The third kappa shape index (κ3) is 1.63. The van der Waals surface area contributed by atoms with Crippen molar-refractivity contribution in [1.29, 1.82) is 0 Å². The first-order valence-corrected chi connectivity index (χ1v) is 6.02. The molecule has 3 rings (SSSR count). The first-order valence-electron chi connectivity index (χ1n) is 6.02. The van der Waals surface area contributed by atoms with Gasteiger partial charge in [0.15, 0.2) is 0 Å². The van der Waals surface area contributed by atoms with E-state index in [1.807, 2.05) is 0 Å². The molecule has 2 heteroatoms. The molecule has 84 valence electrons. The smallest absolute Gasteiger partial charge is 0.0481 e. The van der Waals surface area contributed by atoms with E-state index in [0.29, 0.717) is 0 Å². The number of hydrogen-bond acceptors (Lipinski definition) is 1. The Labute approximate surface area is 96.3 Å². The van der Waals surface area contributed by atoms with Gasteiger partial charge in [-0.25, -0.2) is 0 Å². The van der Waals surface area contributed by atoms with Crippen LogP contribution < -0.4 is 5.32 Å². The van der Waals surface area contributed by atoms with Gasteiger partial charge < -0.3 is 9.88 Å². The Morgan fingerprint density at radius 1 is 1.38 bits per heavy atom. The van der Waals surface area contributed by atoms with Crippen LogP contribution in [0.4, 0.5) is 0 Å². The van der Waals surface area contributed by atoms with Gasteiger partial charge in [0.2, 0.25) is 0 Å². The molecule has 1 saturated carbocycles. The molecule has 2 nitrogen and oxygen atoms in total. The molecule has 0 saturated heterocycles. The number of fused-ring (bicyclic) bond motifs is 1. The van der Waals surface area contributed by atoms with Crippen LogP contribution in [0, 0.1) is 5.92 Å². The normalized spacial score (nSPS) is 23.9. The standard InChI is InChI=1S/C14H18N2/c1-10-7-13(10)15-8-11-9-16(2)14-6-4-3-5-12(11)14/h3-6,9-10,13,15H,7-8H2,1-2H3. The van der Waals surface area contributed by atoms with Crippen molar-refractivity contribution in [3.63, 3.8) is 0 Å². The number of aromatic nitrogens is 1. The first-order chi connectivity index (χ1) is 7.75. The molecule has 2 unspecified atom stereocenters. The number of rotatable bonds is 3. The lowest BCUT2D eigenvalue weighted by Gasteiger charge is -2.01. The summed E-state index contributed by atoms with van der Waals surface area (Å²) in [6.45, 7) is 3.30. The van der Waals surface area contributed by atoms with Crippen molar-refractivity contribution in [2.75, 3.05) is 0 Å². The van der Waals surface area contributed by atoms with Crippen LogP contribution in [-0.2, 0) is 13.6 Å². The Bertz CT molecular complexity index is 512. The fourth-order valence-electron chi connectivity index (χ4n) is 2.41. The van der Waals surface area contributed by atoms with Crippen LogP contribution in [0.25, 0.3) is 10.9 Å². The van der Waals surface area contributed by atoms with Crippen LogP contribution in [0.5, 0.6) is 0 Å². The van der Waals surface area contributed by atoms with Crippen molar-refractivity contribution >= 4 is 10.9 Å². The monoisotopic (exact) mass is 214 g/mol. The first kappa shape index (κ1) is 9.91. The molecule has 16 heavy (non-hydrogen) atoms. The van der Waals surface area contributed by atoms with Gasteiger partial charge >= 0.3 is 0 Å². The summed E-state index contributed by atoms with van der Waals surface area (Å²) in [5.74, 6) is 0.870. The van der Waals surface area contributed by atoms with Gasteiger partial charge in [-0.3, -0.25) is 0 Å². The molecule has 1 aromatic carbocycles. The highest BCUT2D eigenvalue weighted by Gasteiger charge is 2.31. The average molecular weight is 214 g/mol. The van der Waals surface area contributed by atoms with Gasteiger partial charge in [0.1, 0.15) is 0 Å². The van der Waals surface area contributed by atoms with Crippen LogP contribution >= 0.6 is 0 Å². The summed E-state index contributed by atoms with van der Waals surface area (Å²) in [7, 11) is 2.12. The van der Waals surface area contributed by atoms with Crippen LogP contribution in [0.1, 0.15) is 18.9 Å². The molecule has 0 aliphatic heterocycles. The van der Waals surface area contributed by atoms with E-state index >= 15 is 0 Å². The van der Waals surface area contributed by atoms with E-state index < -0.39 is 0 Å². The maximum absolute atomic E-state index is 3.61. The summed E-state index contributed by atoms with van der Waals surface area (Å²) >= 11 is 0. The average Bonchev–Trinajstić information content (AvgIpc) is 2.90. The molecular weight excluding hydrogens is 196 g/mol. The highest BCUT2D eigenvalue weighted by atomic mass is 15.0. The van der Waals surface area contributed by atoms with Crippen molar-refractivity contribution in [3.8, 4) is 0 Å². The predicted octanol–water partition coefficient (Wildman–Crippen LogP) is 2.68. The second kappa shape index (κ2) is 3.63. The number of nitrogens with one attached hydrogen (secondary N) is 1. The van der Waals surface area contributed by atoms with Gasteiger partial charge in [0, 0.05) is 36.7 Å². The zero-order valence-electron chi connectivity index (χ0n) is 9.90. The summed E-state index contributed by atoms with van der Waals surface area (Å²) in [5.41, 5.74) is 2.74. The van der Waals surface area contributed by atoms with Gasteiger partial charge in [-0.15, -0.1) is 0 Å². The molecule has 1 heterocycles. The summed E-state index contributed by atoms with van der Waals surface area (Å²) in [5, 5.41) is 5.00. The molecule has 1 aromatic heterocycles. The molecule has 2 atom stereocenters. The Hall–Kier alpha value is -1.28. The minimum Gasteiger partial charge on any atom is -0.350 e. The van der Waals surface area contributed by atoms with Crippen LogP contribution in [0.2, 0.25) is 0 Å². The summed E-state index contributed by atoms with van der Waals surface area (Å²) in [6.07, 6.45) is 3.58. The predicted molar refractivity (Wildman–Crippen MR) is 67.3 cm³/mol. The quantitative estimate of drug-likeness (QED) is 0.831. The van der Waals surface area contributed by atoms with Crippen LogP contribution in [0.3, 0.4) is 0 Å². The van der Waals surface area contributed by atoms with E-state index in [2.05, 4.69) is 54.3 Å². The van der Waals surface area contributed by atoms with Gasteiger partial charge in [-0.2, -0.15) is 0 Å². The highest BCUT2D eigenvalue weighted by molar-refractivity contribution is 5.83. The SMILES string of the molecule is CC1CC1NCc1cn(C)c2ccccc12.